The lowest BCUT2D eigenvalue weighted by Gasteiger charge is -2.39. The van der Waals surface area contributed by atoms with Gasteiger partial charge in [0.1, 0.15) is 0 Å². The smallest absolute Gasteiger partial charge is 0.288 e. The van der Waals surface area contributed by atoms with Crippen molar-refractivity contribution in [3.05, 3.63) is 92.9 Å². The van der Waals surface area contributed by atoms with E-state index in [1.54, 1.807) is 10.9 Å². The van der Waals surface area contributed by atoms with Crippen molar-refractivity contribution in [3.8, 4) is 16.9 Å². The predicted molar refractivity (Wildman–Crippen MR) is 123 cm³/mol. The summed E-state index contributed by atoms with van der Waals surface area (Å²) < 4.78 is 2.57. The summed E-state index contributed by atoms with van der Waals surface area (Å²) in [6.45, 7) is 2.56. The van der Waals surface area contributed by atoms with Crippen LogP contribution in [0.4, 0.5) is 11.4 Å². The van der Waals surface area contributed by atoms with Crippen molar-refractivity contribution in [3.63, 3.8) is 0 Å². The van der Waals surface area contributed by atoms with E-state index in [-0.39, 0.29) is 5.56 Å². The molecule has 0 radical (unpaired) electrons. The van der Waals surface area contributed by atoms with Crippen LogP contribution in [0.2, 0.25) is 0 Å². The predicted octanol–water partition coefficient (Wildman–Crippen LogP) is 4.67. The van der Waals surface area contributed by atoms with Crippen molar-refractivity contribution in [2.24, 2.45) is 0 Å². The van der Waals surface area contributed by atoms with Gasteiger partial charge in [-0.15, -0.1) is 0 Å². The largest absolute Gasteiger partial charge is 0.297 e. The van der Waals surface area contributed by atoms with Gasteiger partial charge in [-0.05, 0) is 52.7 Å². The van der Waals surface area contributed by atoms with Gasteiger partial charge < -0.3 is 0 Å². The van der Waals surface area contributed by atoms with Gasteiger partial charge in [0.2, 0.25) is 0 Å². The molecule has 2 aromatic heterocycles. The molecule has 7 heteroatoms. The quantitative estimate of drug-likeness (QED) is 0.481. The third-order valence-electron chi connectivity index (χ3n) is 5.46. The molecule has 30 heavy (non-hydrogen) atoms. The zero-order valence-electron chi connectivity index (χ0n) is 16.6. The summed E-state index contributed by atoms with van der Waals surface area (Å²) in [6, 6.07) is 19.9. The third kappa shape index (κ3) is 2.93. The second kappa shape index (κ2) is 7.18. The number of halogens is 1. The summed E-state index contributed by atoms with van der Waals surface area (Å²) in [5, 5.41) is 7.37. The number of hydrazine groups is 1. The number of rotatable bonds is 3. The van der Waals surface area contributed by atoms with Crippen LogP contribution in [0.5, 0.6) is 0 Å². The number of aromatic amines is 1. The molecule has 1 aliphatic heterocycles. The number of H-pyrrole nitrogens is 1. The molecule has 0 saturated carbocycles. The van der Waals surface area contributed by atoms with Gasteiger partial charge in [-0.1, -0.05) is 36.4 Å². The lowest BCUT2D eigenvalue weighted by molar-refractivity contribution is 0.757. The van der Waals surface area contributed by atoms with Crippen molar-refractivity contribution in [2.45, 2.75) is 13.5 Å². The fourth-order valence-corrected chi connectivity index (χ4v) is 4.17. The van der Waals surface area contributed by atoms with E-state index >= 15 is 0 Å². The molecule has 0 saturated heterocycles. The molecule has 4 aromatic rings. The number of hydrogen-bond acceptors (Lipinski definition) is 4. The van der Waals surface area contributed by atoms with E-state index in [0.29, 0.717) is 12.2 Å². The Morgan fingerprint density at radius 1 is 1.00 bits per heavy atom. The minimum atomic E-state index is -0.0786. The topological polar surface area (TPSA) is 57.2 Å². The number of benzene rings is 2. The lowest BCUT2D eigenvalue weighted by atomic mass is 10.1. The van der Waals surface area contributed by atoms with Crippen molar-refractivity contribution in [1.29, 1.82) is 0 Å². The van der Waals surface area contributed by atoms with Gasteiger partial charge in [-0.3, -0.25) is 24.9 Å². The normalized spacial score (nSPS) is 12.6. The molecule has 1 aliphatic rings. The number of anilines is 2. The summed E-state index contributed by atoms with van der Waals surface area (Å²) in [6.07, 6.45) is 1.79. The Morgan fingerprint density at radius 2 is 1.73 bits per heavy atom. The van der Waals surface area contributed by atoms with E-state index in [0.717, 1.165) is 38.4 Å². The first-order valence-electron chi connectivity index (χ1n) is 9.66. The van der Waals surface area contributed by atoms with E-state index in [4.69, 9.17) is 0 Å². The summed E-state index contributed by atoms with van der Waals surface area (Å²) in [5.74, 6) is 0. The van der Waals surface area contributed by atoms with Gasteiger partial charge in [0, 0.05) is 23.3 Å². The van der Waals surface area contributed by atoms with E-state index in [2.05, 4.69) is 37.1 Å². The van der Waals surface area contributed by atoms with Crippen LogP contribution in [0, 0.1) is 6.92 Å². The molecule has 2 aromatic carbocycles. The number of fused-ring (bicyclic) bond motifs is 3. The first-order chi connectivity index (χ1) is 14.5. The number of pyridine rings is 1. The molecule has 0 aliphatic carbocycles. The second-order valence-electron chi connectivity index (χ2n) is 7.33. The third-order valence-corrected chi connectivity index (χ3v) is 5.93. The Kier molecular flexibility index (Phi) is 4.47. The molecule has 0 atom stereocenters. The molecule has 0 bridgehead atoms. The van der Waals surface area contributed by atoms with Crippen molar-refractivity contribution < 1.29 is 0 Å². The van der Waals surface area contributed by atoms with Gasteiger partial charge in [-0.2, -0.15) is 0 Å². The van der Waals surface area contributed by atoms with Crippen LogP contribution in [0.25, 0.3) is 16.9 Å². The fourth-order valence-electron chi connectivity index (χ4n) is 3.94. The first-order valence-corrected chi connectivity index (χ1v) is 10.5. The molecule has 0 unspecified atom stereocenters. The minimum absolute atomic E-state index is 0.0786. The molecule has 5 rings (SSSR count). The molecule has 3 heterocycles. The number of nitrogens with zero attached hydrogens (tertiary/aromatic N) is 4. The monoisotopic (exact) mass is 461 g/mol. The Morgan fingerprint density at radius 3 is 2.47 bits per heavy atom. The maximum Gasteiger partial charge on any atom is 0.297 e. The lowest BCUT2D eigenvalue weighted by Crippen LogP contribution is -2.44. The zero-order chi connectivity index (χ0) is 20.8. The van der Waals surface area contributed by atoms with Crippen LogP contribution >= 0.6 is 15.9 Å². The van der Waals surface area contributed by atoms with E-state index in [1.807, 2.05) is 73.6 Å². The van der Waals surface area contributed by atoms with E-state index in [1.165, 1.54) is 0 Å². The number of aromatic nitrogens is 3. The zero-order valence-corrected chi connectivity index (χ0v) is 18.2. The molecule has 0 spiro atoms. The minimum Gasteiger partial charge on any atom is -0.288 e. The Labute approximate surface area is 182 Å². The molecular weight excluding hydrogens is 442 g/mol. The molecular formula is C23H20BrN5O. The first kappa shape index (κ1) is 18.7. The number of hydrogen-bond donors (Lipinski definition) is 1. The molecule has 0 amide bonds. The maximum atomic E-state index is 13.5. The second-order valence-corrected chi connectivity index (χ2v) is 8.24. The number of nitrogens with one attached hydrogen (secondary N) is 1. The highest BCUT2D eigenvalue weighted by atomic mass is 79.9. The Hall–Kier alpha value is -3.32. The molecule has 0 fully saturated rings. The standard InChI is InChI=1S/C23H20BrN5O/c1-15-7-3-5-9-19(15)29-23(30)22-21(26-29)18-8-4-6-10-20(18)28(27(22)2)14-17-12-11-16(24)13-25-17/h3-13,26H,14H2,1-2H3. The SMILES string of the molecule is Cc1ccccc1-n1[nH]c2c(c1=O)N(C)N(Cc1ccc(Br)cn1)c1ccccc1-2. The highest BCUT2D eigenvalue weighted by molar-refractivity contribution is 9.10. The van der Waals surface area contributed by atoms with Crippen LogP contribution in [-0.4, -0.2) is 21.8 Å². The van der Waals surface area contributed by atoms with E-state index < -0.39 is 0 Å². The van der Waals surface area contributed by atoms with Crippen LogP contribution in [-0.2, 0) is 6.54 Å². The van der Waals surface area contributed by atoms with Crippen molar-refractivity contribution in [1.82, 2.24) is 14.8 Å². The van der Waals surface area contributed by atoms with Gasteiger partial charge in [0.25, 0.3) is 5.56 Å². The van der Waals surface area contributed by atoms with E-state index in [9.17, 15) is 4.79 Å². The molecule has 150 valence electrons. The highest BCUT2D eigenvalue weighted by Gasteiger charge is 2.32. The maximum absolute atomic E-state index is 13.5. The summed E-state index contributed by atoms with van der Waals surface area (Å²) in [7, 11) is 1.92. The average Bonchev–Trinajstić information content (AvgIpc) is 3.10. The Balaban J connectivity index is 1.67. The van der Waals surface area contributed by atoms with Gasteiger partial charge in [0.05, 0.1) is 29.3 Å². The molecule has 1 N–H and O–H groups in total. The summed E-state index contributed by atoms with van der Waals surface area (Å²) in [4.78, 5) is 18.0. The van der Waals surface area contributed by atoms with Crippen LogP contribution in [0.3, 0.4) is 0 Å². The number of aryl methyl sites for hydroxylation is 1. The number of para-hydroxylation sites is 2. The fraction of sp³-hybridized carbons (Fsp3) is 0.130. The van der Waals surface area contributed by atoms with Gasteiger partial charge in [0.15, 0.2) is 5.69 Å². The van der Waals surface area contributed by atoms with Crippen LogP contribution < -0.4 is 15.6 Å². The van der Waals surface area contributed by atoms with Crippen molar-refractivity contribution >= 4 is 27.3 Å². The Bertz CT molecular complexity index is 1290. The highest BCUT2D eigenvalue weighted by Crippen LogP contribution is 2.41. The average molecular weight is 462 g/mol. The van der Waals surface area contributed by atoms with Crippen molar-refractivity contribution in [2.75, 3.05) is 17.1 Å². The summed E-state index contributed by atoms with van der Waals surface area (Å²) in [5.41, 5.74) is 6.18. The molecule has 6 nitrogen and oxygen atoms in total. The van der Waals surface area contributed by atoms with Gasteiger partial charge >= 0.3 is 0 Å². The van der Waals surface area contributed by atoms with Gasteiger partial charge in [-0.25, -0.2) is 4.68 Å². The van der Waals surface area contributed by atoms with Crippen LogP contribution in [0.1, 0.15) is 11.3 Å². The summed E-state index contributed by atoms with van der Waals surface area (Å²) >= 11 is 3.44. The van der Waals surface area contributed by atoms with Crippen LogP contribution in [0.15, 0.2) is 76.1 Å².